The molecule has 2 N–H and O–H groups in total. The van der Waals surface area contributed by atoms with Gasteiger partial charge in [-0.3, -0.25) is 4.68 Å². The third-order valence-electron chi connectivity index (χ3n) is 2.36. The van der Waals surface area contributed by atoms with E-state index in [1.807, 2.05) is 13.8 Å². The molecular weight excluding hydrogens is 194 g/mol. The summed E-state index contributed by atoms with van der Waals surface area (Å²) in [6.45, 7) is 2.05. The van der Waals surface area contributed by atoms with Gasteiger partial charge >= 0.3 is 0 Å². The Morgan fingerprint density at radius 3 is 3.13 bits per heavy atom. The Balaban J connectivity index is 2.09. The van der Waals surface area contributed by atoms with Crippen LogP contribution in [0.3, 0.4) is 0 Å². The van der Waals surface area contributed by atoms with Crippen molar-refractivity contribution < 1.29 is 13.6 Å². The van der Waals surface area contributed by atoms with E-state index in [1.165, 1.54) is 6.20 Å². The Bertz CT molecular complexity index is 442. The molecule has 1 fully saturated rings. The van der Waals surface area contributed by atoms with Crippen LogP contribution in [0.5, 0.6) is 5.88 Å². The van der Waals surface area contributed by atoms with Crippen molar-refractivity contribution in [1.82, 2.24) is 9.78 Å². The summed E-state index contributed by atoms with van der Waals surface area (Å²) in [6, 6.07) is 0. The van der Waals surface area contributed by atoms with Crippen LogP contribution in [0.1, 0.15) is 24.4 Å². The van der Waals surface area contributed by atoms with Crippen molar-refractivity contribution in [3.63, 3.8) is 0 Å². The molecule has 0 amide bonds. The second-order valence-corrected chi connectivity index (χ2v) is 4.35. The first kappa shape index (κ1) is 7.11. The van der Waals surface area contributed by atoms with Crippen molar-refractivity contribution in [3.05, 3.63) is 6.20 Å². The number of nitrogens with zero attached hydrogens (tertiary/aromatic N) is 2. The van der Waals surface area contributed by atoms with Gasteiger partial charge in [-0.2, -0.15) is 0 Å². The lowest BCUT2D eigenvalue weighted by Crippen LogP contribution is -2.20. The molecule has 0 radical (unpaired) electrons. The summed E-state index contributed by atoms with van der Waals surface area (Å²) in [5.74, 6) is 0.150. The molecule has 5 heteroatoms. The highest BCUT2D eigenvalue weighted by molar-refractivity contribution is 5.45. The van der Waals surface area contributed by atoms with E-state index in [4.69, 9.17) is 19.3 Å². The summed E-state index contributed by atoms with van der Waals surface area (Å²) in [5.41, 5.74) is 5.67. The predicted molar refractivity (Wildman–Crippen MR) is 56.7 cm³/mol. The Kier molecular flexibility index (Phi) is 1.62. The molecule has 1 aromatic heterocycles. The molecule has 0 aromatic carbocycles. The van der Waals surface area contributed by atoms with Crippen molar-refractivity contribution in [3.8, 4) is 5.88 Å². The average molecular weight is 214 g/mol. The molecule has 15 heavy (non-hydrogen) atoms. The molecule has 0 aliphatic carbocycles. The number of hydrogen-bond donors (Lipinski definition) is 1. The summed E-state index contributed by atoms with van der Waals surface area (Å²) >= 11 is 0. The third kappa shape index (κ3) is 2.23. The number of nitrogens with two attached hydrogens (primary N) is 1. The highest BCUT2D eigenvalue weighted by Gasteiger charge is 2.33. The average Bonchev–Trinajstić information content (AvgIpc) is 2.71. The van der Waals surface area contributed by atoms with E-state index in [9.17, 15) is 0 Å². The van der Waals surface area contributed by atoms with E-state index in [0.29, 0.717) is 13.0 Å². The monoisotopic (exact) mass is 214 g/mol. The molecule has 0 saturated carbocycles. The molecule has 0 bridgehead atoms. The number of nitrogen functional groups attached to an aromatic ring is 1. The van der Waals surface area contributed by atoms with Crippen LogP contribution >= 0.6 is 0 Å². The number of hydrogen-bond acceptors (Lipinski definition) is 4. The molecular formula is C10H17N3O2. The van der Waals surface area contributed by atoms with E-state index < -0.39 is 6.98 Å². The minimum atomic E-state index is -2.35. The van der Waals surface area contributed by atoms with Gasteiger partial charge in [-0.25, -0.2) is 0 Å². The van der Waals surface area contributed by atoms with E-state index in [-0.39, 0.29) is 23.3 Å². The molecule has 1 unspecified atom stereocenters. The second-order valence-electron chi connectivity index (χ2n) is 4.35. The van der Waals surface area contributed by atoms with Crippen molar-refractivity contribution in [2.75, 3.05) is 12.3 Å². The van der Waals surface area contributed by atoms with Crippen LogP contribution < -0.4 is 10.5 Å². The van der Waals surface area contributed by atoms with Gasteiger partial charge < -0.3 is 15.2 Å². The maximum absolute atomic E-state index is 7.23. The van der Waals surface area contributed by atoms with Crippen molar-refractivity contribution in [1.29, 1.82) is 0 Å². The number of rotatable bonds is 2. The van der Waals surface area contributed by atoms with Crippen LogP contribution in [-0.4, -0.2) is 28.1 Å². The Morgan fingerprint density at radius 2 is 2.60 bits per heavy atom. The van der Waals surface area contributed by atoms with Gasteiger partial charge in [0, 0.05) is 17.5 Å². The van der Waals surface area contributed by atoms with Crippen LogP contribution in [0, 0.1) is 0 Å². The Morgan fingerprint density at radius 1 is 1.80 bits per heavy atom. The van der Waals surface area contributed by atoms with Gasteiger partial charge in [0.2, 0.25) is 0 Å². The minimum absolute atomic E-state index is 0.150. The number of ether oxygens (including phenoxy) is 2. The molecule has 2 rings (SSSR count). The highest BCUT2D eigenvalue weighted by Crippen LogP contribution is 2.29. The van der Waals surface area contributed by atoms with Crippen molar-refractivity contribution >= 4 is 5.69 Å². The van der Waals surface area contributed by atoms with E-state index in [2.05, 4.69) is 5.10 Å². The Labute approximate surface area is 93.4 Å². The first-order valence-corrected chi connectivity index (χ1v) is 4.84. The number of anilines is 1. The predicted octanol–water partition coefficient (Wildman–Crippen LogP) is 0.949. The molecule has 1 aliphatic heterocycles. The summed E-state index contributed by atoms with van der Waals surface area (Å²) in [7, 11) is 0. The lowest BCUT2D eigenvalue weighted by Gasteiger charge is -2.15. The van der Waals surface area contributed by atoms with Crippen LogP contribution in [0.2, 0.25) is 0 Å². The summed E-state index contributed by atoms with van der Waals surface area (Å²) in [4.78, 5) is 0. The van der Waals surface area contributed by atoms with Gasteiger partial charge in [-0.15, -0.1) is 5.10 Å². The van der Waals surface area contributed by atoms with Crippen LogP contribution in [-0.2, 0) is 11.7 Å². The zero-order chi connectivity index (χ0) is 13.6. The molecule has 1 atom stereocenters. The zero-order valence-electron chi connectivity index (χ0n) is 11.9. The quantitative estimate of drug-likeness (QED) is 0.796. The summed E-state index contributed by atoms with van der Waals surface area (Å²) < 4.78 is 33.6. The van der Waals surface area contributed by atoms with Crippen molar-refractivity contribution in [2.24, 2.45) is 6.98 Å². The van der Waals surface area contributed by atoms with Gasteiger partial charge in [0.25, 0.3) is 5.88 Å². The van der Waals surface area contributed by atoms with Crippen molar-refractivity contribution in [2.45, 2.75) is 32.0 Å². The highest BCUT2D eigenvalue weighted by atomic mass is 16.6. The standard InChI is InChI=1S/C10H17N3O2/c1-10(2)4-7(6-14-10)15-9-8(11)5-13(3)12-9/h5,7H,4,6,11H2,1-3H3/i3D3. The fourth-order valence-corrected chi connectivity index (χ4v) is 1.68. The molecule has 1 aliphatic rings. The normalized spacial score (nSPS) is 28.1. The smallest absolute Gasteiger partial charge is 0.256 e. The molecule has 84 valence electrons. The fourth-order valence-electron chi connectivity index (χ4n) is 1.68. The van der Waals surface area contributed by atoms with Gasteiger partial charge in [0.05, 0.1) is 18.4 Å². The van der Waals surface area contributed by atoms with E-state index >= 15 is 0 Å². The Hall–Kier alpha value is -1.23. The molecule has 5 nitrogen and oxygen atoms in total. The maximum Gasteiger partial charge on any atom is 0.256 e. The van der Waals surface area contributed by atoms with Crippen LogP contribution in [0.25, 0.3) is 0 Å². The lowest BCUT2D eigenvalue weighted by molar-refractivity contribution is 0.0317. The zero-order valence-corrected chi connectivity index (χ0v) is 8.86. The first-order valence-electron chi connectivity index (χ1n) is 6.34. The number of aromatic nitrogens is 2. The topological polar surface area (TPSA) is 62.3 Å². The number of aryl methyl sites for hydroxylation is 1. The molecule has 1 saturated heterocycles. The lowest BCUT2D eigenvalue weighted by atomic mass is 10.1. The van der Waals surface area contributed by atoms with Crippen LogP contribution in [0.15, 0.2) is 6.20 Å². The minimum Gasteiger partial charge on any atom is -0.469 e. The van der Waals surface area contributed by atoms with Gasteiger partial charge in [-0.1, -0.05) is 0 Å². The molecule has 2 heterocycles. The second kappa shape index (κ2) is 3.41. The van der Waals surface area contributed by atoms with Gasteiger partial charge in [0.1, 0.15) is 11.8 Å². The van der Waals surface area contributed by atoms with Crippen LogP contribution in [0.4, 0.5) is 5.69 Å². The third-order valence-corrected chi connectivity index (χ3v) is 2.36. The van der Waals surface area contributed by atoms with E-state index in [1.54, 1.807) is 0 Å². The van der Waals surface area contributed by atoms with Gasteiger partial charge in [-0.05, 0) is 13.8 Å². The largest absolute Gasteiger partial charge is 0.469 e. The molecule has 1 aromatic rings. The summed E-state index contributed by atoms with van der Waals surface area (Å²) in [6.07, 6.45) is 1.82. The summed E-state index contributed by atoms with van der Waals surface area (Å²) in [5, 5.41) is 3.84. The fraction of sp³-hybridized carbons (Fsp3) is 0.700. The first-order chi connectivity index (χ1) is 8.17. The van der Waals surface area contributed by atoms with E-state index in [0.717, 1.165) is 4.68 Å². The van der Waals surface area contributed by atoms with Gasteiger partial charge in [0.15, 0.2) is 0 Å². The molecule has 0 spiro atoms. The maximum atomic E-state index is 7.23. The SMILES string of the molecule is [2H]C([2H])([2H])n1cc(N)c(OC2COC(C)(C)C2)n1.